The zero-order valence-corrected chi connectivity index (χ0v) is 13.9. The molecule has 9 heteroatoms. The smallest absolute Gasteiger partial charge is 0.262 e. The summed E-state index contributed by atoms with van der Waals surface area (Å²) >= 11 is 1.54. The van der Waals surface area contributed by atoms with Crippen molar-refractivity contribution in [2.75, 3.05) is 13.2 Å². The average molecular weight is 342 g/mol. The predicted molar refractivity (Wildman–Crippen MR) is 81.9 cm³/mol. The van der Waals surface area contributed by atoms with Crippen LogP contribution < -0.4 is 0 Å². The zero-order valence-electron chi connectivity index (χ0n) is 12.3. The molecule has 1 unspecified atom stereocenters. The van der Waals surface area contributed by atoms with Crippen molar-refractivity contribution in [2.45, 2.75) is 30.5 Å². The summed E-state index contributed by atoms with van der Waals surface area (Å²) < 4.78 is 34.2. The van der Waals surface area contributed by atoms with Crippen LogP contribution in [-0.2, 0) is 28.4 Å². The van der Waals surface area contributed by atoms with Crippen molar-refractivity contribution in [3.8, 4) is 0 Å². The molecule has 0 amide bonds. The van der Waals surface area contributed by atoms with Gasteiger partial charge in [0.05, 0.1) is 12.3 Å². The van der Waals surface area contributed by atoms with Gasteiger partial charge >= 0.3 is 0 Å². The second-order valence-electron chi connectivity index (χ2n) is 5.21. The van der Waals surface area contributed by atoms with Gasteiger partial charge in [0.1, 0.15) is 0 Å². The molecular formula is C13H18N4O3S2. The summed E-state index contributed by atoms with van der Waals surface area (Å²) in [6.07, 6.45) is 3.10. The van der Waals surface area contributed by atoms with E-state index in [0.717, 1.165) is 17.7 Å². The predicted octanol–water partition coefficient (Wildman–Crippen LogP) is 1.25. The maximum absolute atomic E-state index is 12.9. The Morgan fingerprint density at radius 1 is 1.55 bits per heavy atom. The topological polar surface area (TPSA) is 77.3 Å². The van der Waals surface area contributed by atoms with Crippen LogP contribution >= 0.6 is 11.3 Å². The van der Waals surface area contributed by atoms with Gasteiger partial charge in [-0.05, 0) is 24.3 Å². The first-order chi connectivity index (χ1) is 10.6. The van der Waals surface area contributed by atoms with Crippen LogP contribution in [0.2, 0.25) is 0 Å². The third-order valence-corrected chi connectivity index (χ3v) is 6.34. The van der Waals surface area contributed by atoms with Gasteiger partial charge in [0, 0.05) is 31.6 Å². The van der Waals surface area contributed by atoms with E-state index in [4.69, 9.17) is 4.74 Å². The average Bonchev–Trinajstić information content (AvgIpc) is 3.19. The van der Waals surface area contributed by atoms with Crippen molar-refractivity contribution in [1.82, 2.24) is 19.3 Å². The number of hydrogen-bond acceptors (Lipinski definition) is 6. The minimum Gasteiger partial charge on any atom is -0.377 e. The molecule has 3 rings (SSSR count). The number of hydrogen-bond donors (Lipinski definition) is 0. The fourth-order valence-electron chi connectivity index (χ4n) is 2.49. The molecule has 1 saturated heterocycles. The Hall–Kier alpha value is -1.29. The van der Waals surface area contributed by atoms with Gasteiger partial charge in [-0.15, -0.1) is 16.4 Å². The lowest BCUT2D eigenvalue weighted by Crippen LogP contribution is -2.37. The third kappa shape index (κ3) is 3.22. The molecule has 0 radical (unpaired) electrons. The van der Waals surface area contributed by atoms with Crippen molar-refractivity contribution in [2.24, 2.45) is 7.05 Å². The minimum absolute atomic E-state index is 0.0454. The highest BCUT2D eigenvalue weighted by atomic mass is 32.2. The minimum atomic E-state index is -3.65. The van der Waals surface area contributed by atoms with Crippen molar-refractivity contribution in [3.05, 3.63) is 28.6 Å². The van der Waals surface area contributed by atoms with E-state index in [1.807, 2.05) is 17.5 Å². The van der Waals surface area contributed by atoms with E-state index in [1.54, 1.807) is 18.4 Å². The van der Waals surface area contributed by atoms with Gasteiger partial charge in [-0.3, -0.25) is 0 Å². The number of nitrogens with zero attached hydrogens (tertiary/aromatic N) is 4. The fraction of sp³-hybridized carbons (Fsp3) is 0.538. The van der Waals surface area contributed by atoms with Crippen molar-refractivity contribution in [3.63, 3.8) is 0 Å². The molecule has 1 aliphatic rings. The summed E-state index contributed by atoms with van der Waals surface area (Å²) in [6, 6.07) is 3.85. The Morgan fingerprint density at radius 2 is 2.41 bits per heavy atom. The second-order valence-corrected chi connectivity index (χ2v) is 8.12. The Bertz CT molecular complexity index is 705. The van der Waals surface area contributed by atoms with E-state index in [1.165, 1.54) is 15.2 Å². The van der Waals surface area contributed by atoms with Crippen molar-refractivity contribution in [1.29, 1.82) is 0 Å². The second kappa shape index (κ2) is 6.45. The number of thiophene rings is 1. The van der Waals surface area contributed by atoms with E-state index in [9.17, 15) is 8.42 Å². The van der Waals surface area contributed by atoms with Crippen LogP contribution in [-0.4, -0.2) is 47.0 Å². The molecule has 1 aliphatic heterocycles. The molecule has 0 aliphatic carbocycles. The van der Waals surface area contributed by atoms with E-state index < -0.39 is 10.0 Å². The van der Waals surface area contributed by atoms with Gasteiger partial charge in [-0.2, -0.15) is 4.31 Å². The summed E-state index contributed by atoms with van der Waals surface area (Å²) in [5.74, 6) is 0. The molecule has 2 aromatic heterocycles. The number of aromatic nitrogens is 3. The van der Waals surface area contributed by atoms with Gasteiger partial charge in [-0.1, -0.05) is 11.3 Å². The lowest BCUT2D eigenvalue weighted by molar-refractivity contribution is 0.0926. The quantitative estimate of drug-likeness (QED) is 0.789. The van der Waals surface area contributed by atoms with Crippen LogP contribution in [0.1, 0.15) is 17.7 Å². The third-order valence-electron chi connectivity index (χ3n) is 3.62. The number of rotatable bonds is 6. The van der Waals surface area contributed by atoms with E-state index in [2.05, 4.69) is 10.3 Å². The van der Waals surface area contributed by atoms with Gasteiger partial charge in [0.2, 0.25) is 0 Å². The summed E-state index contributed by atoms with van der Waals surface area (Å²) in [7, 11) is -2.08. The molecule has 7 nitrogen and oxygen atoms in total. The molecule has 0 spiro atoms. The first kappa shape index (κ1) is 15.6. The molecular weight excluding hydrogens is 324 g/mol. The molecule has 2 aromatic rings. The molecule has 22 heavy (non-hydrogen) atoms. The Balaban J connectivity index is 1.87. The Kier molecular flexibility index (Phi) is 4.57. The molecule has 1 fully saturated rings. The largest absolute Gasteiger partial charge is 0.377 e. The van der Waals surface area contributed by atoms with Crippen molar-refractivity contribution >= 4 is 21.4 Å². The fourth-order valence-corrected chi connectivity index (χ4v) is 4.77. The maximum atomic E-state index is 12.9. The lowest BCUT2D eigenvalue weighted by atomic mass is 10.2. The van der Waals surface area contributed by atoms with Crippen molar-refractivity contribution < 1.29 is 13.2 Å². The van der Waals surface area contributed by atoms with Crippen LogP contribution in [0.15, 0.2) is 28.7 Å². The first-order valence-corrected chi connectivity index (χ1v) is 9.38. The van der Waals surface area contributed by atoms with Crippen LogP contribution in [0.3, 0.4) is 0 Å². The number of ether oxygens (including phenoxy) is 1. The van der Waals surface area contributed by atoms with Crippen LogP contribution in [0, 0.1) is 0 Å². The standard InChI is InChI=1S/C13H18N4O3S2/c1-16-13(8-14-15-16)22(18,19)17(9-11-4-2-6-20-11)10-12-5-3-7-21-12/h3,5,7-8,11H,2,4,6,9-10H2,1H3. The highest BCUT2D eigenvalue weighted by molar-refractivity contribution is 7.89. The monoisotopic (exact) mass is 342 g/mol. The lowest BCUT2D eigenvalue weighted by Gasteiger charge is -2.24. The highest BCUT2D eigenvalue weighted by Gasteiger charge is 2.31. The van der Waals surface area contributed by atoms with Gasteiger partial charge in [0.25, 0.3) is 10.0 Å². The summed E-state index contributed by atoms with van der Waals surface area (Å²) in [5, 5.41) is 9.45. The van der Waals surface area contributed by atoms with Gasteiger partial charge in [0.15, 0.2) is 5.03 Å². The Labute approximate surface area is 133 Å². The normalized spacial score (nSPS) is 19.1. The van der Waals surface area contributed by atoms with E-state index >= 15 is 0 Å². The number of sulfonamides is 1. The first-order valence-electron chi connectivity index (χ1n) is 7.06. The molecule has 3 heterocycles. The van der Waals surface area contributed by atoms with Gasteiger partial charge in [-0.25, -0.2) is 13.1 Å². The van der Waals surface area contributed by atoms with Crippen LogP contribution in [0.4, 0.5) is 0 Å². The molecule has 0 bridgehead atoms. The zero-order chi connectivity index (χ0) is 15.6. The van der Waals surface area contributed by atoms with E-state index in [-0.39, 0.29) is 11.1 Å². The van der Waals surface area contributed by atoms with Crippen LogP contribution in [0.5, 0.6) is 0 Å². The van der Waals surface area contributed by atoms with Gasteiger partial charge < -0.3 is 4.74 Å². The number of aryl methyl sites for hydroxylation is 1. The Morgan fingerprint density at radius 3 is 3.00 bits per heavy atom. The molecule has 0 saturated carbocycles. The molecule has 0 aromatic carbocycles. The molecule has 0 N–H and O–H groups in total. The van der Waals surface area contributed by atoms with E-state index in [0.29, 0.717) is 19.7 Å². The summed E-state index contributed by atoms with van der Waals surface area (Å²) in [4.78, 5) is 0.997. The van der Waals surface area contributed by atoms with Crippen LogP contribution in [0.25, 0.3) is 0 Å². The SMILES string of the molecule is Cn1nncc1S(=O)(=O)N(Cc1cccs1)CC1CCCO1. The molecule has 1 atom stereocenters. The maximum Gasteiger partial charge on any atom is 0.262 e. The summed E-state index contributed by atoms with van der Waals surface area (Å²) in [6.45, 7) is 1.39. The highest BCUT2D eigenvalue weighted by Crippen LogP contribution is 2.22. The summed E-state index contributed by atoms with van der Waals surface area (Å²) in [5.41, 5.74) is 0. The molecule has 120 valence electrons.